The Morgan fingerprint density at radius 1 is 1.44 bits per heavy atom. The highest BCUT2D eigenvalue weighted by molar-refractivity contribution is 7.91. The molecule has 5 nitrogen and oxygen atoms in total. The monoisotopic (exact) mass is 268 g/mol. The van der Waals surface area contributed by atoms with Crippen LogP contribution >= 0.6 is 0 Å². The number of amides is 1. The predicted octanol–water partition coefficient (Wildman–Crippen LogP) is 0.464. The highest BCUT2D eigenvalue weighted by Crippen LogP contribution is 2.31. The van der Waals surface area contributed by atoms with Crippen molar-refractivity contribution in [3.05, 3.63) is 23.8 Å². The molecule has 1 aliphatic heterocycles. The Labute approximate surface area is 107 Å². The van der Waals surface area contributed by atoms with Gasteiger partial charge in [-0.3, -0.25) is 4.79 Å². The zero-order valence-corrected chi connectivity index (χ0v) is 11.0. The topological polar surface area (TPSA) is 80.5 Å². The van der Waals surface area contributed by atoms with Gasteiger partial charge in [0.25, 0.3) is 0 Å². The average Bonchev–Trinajstić information content (AvgIpc) is 2.28. The minimum atomic E-state index is -3.27. The Morgan fingerprint density at radius 2 is 2.17 bits per heavy atom. The van der Waals surface area contributed by atoms with Crippen molar-refractivity contribution >= 4 is 21.4 Å². The van der Waals surface area contributed by atoms with E-state index in [-0.39, 0.29) is 36.1 Å². The summed E-state index contributed by atoms with van der Waals surface area (Å²) >= 11 is 0. The van der Waals surface area contributed by atoms with Crippen LogP contribution < -0.4 is 10.6 Å². The second-order valence-electron chi connectivity index (χ2n) is 4.37. The molecule has 0 radical (unpaired) electrons. The lowest BCUT2D eigenvalue weighted by atomic mass is 10.2. The highest BCUT2D eigenvalue weighted by atomic mass is 32.2. The van der Waals surface area contributed by atoms with E-state index in [4.69, 9.17) is 5.73 Å². The van der Waals surface area contributed by atoms with Gasteiger partial charge in [-0.15, -0.1) is 0 Å². The van der Waals surface area contributed by atoms with Gasteiger partial charge in [-0.05, 0) is 24.6 Å². The molecule has 1 heterocycles. The van der Waals surface area contributed by atoms with Crippen LogP contribution in [0.2, 0.25) is 0 Å². The van der Waals surface area contributed by atoms with Gasteiger partial charge in [-0.1, -0.05) is 6.07 Å². The molecule has 0 aliphatic carbocycles. The van der Waals surface area contributed by atoms with E-state index in [1.54, 1.807) is 18.2 Å². The first-order valence-corrected chi connectivity index (χ1v) is 7.45. The van der Waals surface area contributed by atoms with Gasteiger partial charge < -0.3 is 10.6 Å². The van der Waals surface area contributed by atoms with Gasteiger partial charge in [-0.25, -0.2) is 8.42 Å². The minimum Gasteiger partial charge on any atom is -0.330 e. The third-order valence-electron chi connectivity index (χ3n) is 2.98. The van der Waals surface area contributed by atoms with Crippen molar-refractivity contribution in [1.82, 2.24) is 0 Å². The van der Waals surface area contributed by atoms with Crippen LogP contribution in [0.3, 0.4) is 0 Å². The Bertz CT molecular complexity index is 581. The maximum Gasteiger partial charge on any atom is 0.228 e. The van der Waals surface area contributed by atoms with E-state index >= 15 is 0 Å². The van der Waals surface area contributed by atoms with Crippen LogP contribution in [-0.4, -0.2) is 33.2 Å². The van der Waals surface area contributed by atoms with Gasteiger partial charge in [0.05, 0.1) is 16.3 Å². The van der Waals surface area contributed by atoms with Crippen LogP contribution in [0.4, 0.5) is 5.69 Å². The van der Waals surface area contributed by atoms with Crippen LogP contribution in [0.1, 0.15) is 12.0 Å². The maximum absolute atomic E-state index is 11.9. The molecular weight excluding hydrogens is 252 g/mol. The fraction of sp³-hybridized carbons (Fsp3) is 0.417. The maximum atomic E-state index is 11.9. The van der Waals surface area contributed by atoms with Crippen molar-refractivity contribution in [3.63, 3.8) is 0 Å². The molecule has 0 fully saturated rings. The first-order valence-electron chi connectivity index (χ1n) is 5.79. The number of benzene rings is 1. The number of hydrogen-bond acceptors (Lipinski definition) is 4. The number of carbonyl (C=O) groups excluding carboxylic acids is 1. The zero-order valence-electron chi connectivity index (χ0n) is 10.2. The zero-order chi connectivity index (χ0) is 13.3. The van der Waals surface area contributed by atoms with Gasteiger partial charge in [0.2, 0.25) is 5.91 Å². The number of nitrogens with two attached hydrogens (primary N) is 1. The van der Waals surface area contributed by atoms with Crippen molar-refractivity contribution in [2.24, 2.45) is 5.73 Å². The molecule has 1 aliphatic rings. The summed E-state index contributed by atoms with van der Waals surface area (Å²) in [6, 6.07) is 5.05. The SMILES string of the molecule is Cc1ccc2c(c1)N(C(=O)CCN)CCS2(=O)=O. The molecule has 0 atom stereocenters. The standard InChI is InChI=1S/C12H16N2O3S/c1-9-2-3-11-10(8-9)14(12(15)4-5-13)6-7-18(11,16)17/h2-3,8H,4-7,13H2,1H3. The second kappa shape index (κ2) is 4.70. The predicted molar refractivity (Wildman–Crippen MR) is 69.3 cm³/mol. The summed E-state index contributed by atoms with van der Waals surface area (Å²) in [4.78, 5) is 13.7. The molecule has 0 bridgehead atoms. The van der Waals surface area contributed by atoms with E-state index in [9.17, 15) is 13.2 Å². The number of anilines is 1. The van der Waals surface area contributed by atoms with Gasteiger partial charge in [0.1, 0.15) is 0 Å². The van der Waals surface area contributed by atoms with Crippen molar-refractivity contribution < 1.29 is 13.2 Å². The Kier molecular flexibility index (Phi) is 3.41. The normalized spacial score (nSPS) is 17.3. The molecule has 0 aromatic heterocycles. The largest absolute Gasteiger partial charge is 0.330 e. The van der Waals surface area contributed by atoms with Crippen LogP contribution in [0, 0.1) is 6.92 Å². The van der Waals surface area contributed by atoms with Crippen molar-refractivity contribution in [3.8, 4) is 0 Å². The van der Waals surface area contributed by atoms with E-state index in [1.807, 2.05) is 6.92 Å². The molecule has 1 amide bonds. The van der Waals surface area contributed by atoms with Gasteiger partial charge >= 0.3 is 0 Å². The third-order valence-corrected chi connectivity index (χ3v) is 4.72. The van der Waals surface area contributed by atoms with E-state index < -0.39 is 9.84 Å². The molecule has 0 unspecified atom stereocenters. The Morgan fingerprint density at radius 3 is 2.83 bits per heavy atom. The molecule has 98 valence electrons. The smallest absolute Gasteiger partial charge is 0.228 e. The molecule has 1 aromatic rings. The summed E-state index contributed by atoms with van der Waals surface area (Å²) in [6.07, 6.45) is 0.230. The second-order valence-corrected chi connectivity index (χ2v) is 6.45. The van der Waals surface area contributed by atoms with Crippen LogP contribution in [0.25, 0.3) is 0 Å². The number of fused-ring (bicyclic) bond motifs is 1. The van der Waals surface area contributed by atoms with Crippen molar-refractivity contribution in [2.45, 2.75) is 18.2 Å². The number of sulfone groups is 1. The minimum absolute atomic E-state index is 0.0284. The molecule has 0 saturated heterocycles. The summed E-state index contributed by atoms with van der Waals surface area (Å²) in [7, 11) is -3.27. The van der Waals surface area contributed by atoms with Crippen LogP contribution in [0.5, 0.6) is 0 Å². The lowest BCUT2D eigenvalue weighted by Gasteiger charge is -2.29. The van der Waals surface area contributed by atoms with E-state index in [0.717, 1.165) is 5.56 Å². The van der Waals surface area contributed by atoms with Gasteiger partial charge in [0.15, 0.2) is 9.84 Å². The lowest BCUT2D eigenvalue weighted by Crippen LogP contribution is -2.40. The number of hydrogen-bond donors (Lipinski definition) is 1. The van der Waals surface area contributed by atoms with Gasteiger partial charge in [-0.2, -0.15) is 0 Å². The molecular formula is C12H16N2O3S. The quantitative estimate of drug-likeness (QED) is 0.845. The average molecular weight is 268 g/mol. The Hall–Kier alpha value is -1.40. The number of aryl methyl sites for hydroxylation is 1. The molecule has 1 aromatic carbocycles. The third kappa shape index (κ3) is 2.26. The van der Waals surface area contributed by atoms with Crippen molar-refractivity contribution in [1.29, 1.82) is 0 Å². The van der Waals surface area contributed by atoms with E-state index in [2.05, 4.69) is 0 Å². The highest BCUT2D eigenvalue weighted by Gasteiger charge is 2.31. The first-order chi connectivity index (χ1) is 8.45. The summed E-state index contributed by atoms with van der Waals surface area (Å²) < 4.78 is 23.9. The molecule has 2 N–H and O–H groups in total. The van der Waals surface area contributed by atoms with Gasteiger partial charge in [0, 0.05) is 19.5 Å². The molecule has 0 spiro atoms. The van der Waals surface area contributed by atoms with Crippen LogP contribution in [0.15, 0.2) is 23.1 Å². The fourth-order valence-corrected chi connectivity index (χ4v) is 3.47. The Balaban J connectivity index is 2.51. The molecule has 2 rings (SSSR count). The molecule has 6 heteroatoms. The summed E-state index contributed by atoms with van der Waals surface area (Å²) in [5, 5.41) is 0. The summed E-state index contributed by atoms with van der Waals surface area (Å²) in [6.45, 7) is 2.34. The fourth-order valence-electron chi connectivity index (χ4n) is 2.06. The van der Waals surface area contributed by atoms with E-state index in [0.29, 0.717) is 5.69 Å². The molecule has 18 heavy (non-hydrogen) atoms. The summed E-state index contributed by atoms with van der Waals surface area (Å²) in [5.74, 6) is -0.154. The lowest BCUT2D eigenvalue weighted by molar-refractivity contribution is -0.118. The van der Waals surface area contributed by atoms with Crippen molar-refractivity contribution in [2.75, 3.05) is 23.7 Å². The number of rotatable bonds is 2. The number of carbonyl (C=O) groups is 1. The molecule has 0 saturated carbocycles. The van der Waals surface area contributed by atoms with Crippen LogP contribution in [-0.2, 0) is 14.6 Å². The van der Waals surface area contributed by atoms with E-state index in [1.165, 1.54) is 4.90 Å². The first kappa shape index (κ1) is 13.0. The number of nitrogens with zero attached hydrogens (tertiary/aromatic N) is 1. The summed E-state index contributed by atoms with van der Waals surface area (Å²) in [5.41, 5.74) is 6.79.